The number of aliphatic carboxylic acids is 1. The number of thiocarbonyl (C=S) groups is 1. The van der Waals surface area contributed by atoms with Crippen molar-refractivity contribution >= 4 is 29.0 Å². The van der Waals surface area contributed by atoms with Gasteiger partial charge >= 0.3 is 0 Å². The van der Waals surface area contributed by atoms with E-state index in [4.69, 9.17) is 26.9 Å². The van der Waals surface area contributed by atoms with Gasteiger partial charge in [-0.25, -0.2) is 0 Å². The van der Waals surface area contributed by atoms with E-state index in [1.165, 1.54) is 0 Å². The van der Waals surface area contributed by atoms with Crippen LogP contribution >= 0.6 is 12.2 Å². The van der Waals surface area contributed by atoms with E-state index in [0.717, 1.165) is 31.4 Å². The first-order valence-electron chi connectivity index (χ1n) is 6.73. The van der Waals surface area contributed by atoms with E-state index < -0.39 is 5.97 Å². The maximum atomic E-state index is 9.00. The Kier molecular flexibility index (Phi) is 11.1. The molecule has 1 aromatic rings. The molecule has 0 bridgehead atoms. The van der Waals surface area contributed by atoms with Gasteiger partial charge < -0.3 is 20.2 Å². The smallest absolute Gasteiger partial charge is 0.300 e. The molecule has 1 saturated heterocycles. The van der Waals surface area contributed by atoms with Crippen molar-refractivity contribution in [3.63, 3.8) is 0 Å². The Labute approximate surface area is 151 Å². The van der Waals surface area contributed by atoms with Crippen LogP contribution in [0.15, 0.2) is 29.5 Å². The fraction of sp³-hybridized carbons (Fsp3) is 0.429. The van der Waals surface area contributed by atoms with Crippen molar-refractivity contribution in [1.82, 2.24) is 9.88 Å². The van der Waals surface area contributed by atoms with Gasteiger partial charge in [0, 0.05) is 47.9 Å². The quantitative estimate of drug-likeness (QED) is 0.364. The number of carboxylic acid groups (broad SMARTS) is 1. The van der Waals surface area contributed by atoms with Gasteiger partial charge in [0.1, 0.15) is 0 Å². The van der Waals surface area contributed by atoms with Crippen molar-refractivity contribution in [2.75, 3.05) is 26.3 Å². The monoisotopic (exact) mass is 381 g/mol. The van der Waals surface area contributed by atoms with Crippen LogP contribution in [0.25, 0.3) is 5.43 Å². The van der Waals surface area contributed by atoms with Crippen molar-refractivity contribution in [3.8, 4) is 0 Å². The van der Waals surface area contributed by atoms with Gasteiger partial charge in [-0.3, -0.25) is 14.9 Å². The molecular weight excluding hydrogens is 363 g/mol. The third-order valence-corrected chi connectivity index (χ3v) is 2.94. The van der Waals surface area contributed by atoms with Gasteiger partial charge in [0.15, 0.2) is 0 Å². The van der Waals surface area contributed by atoms with Crippen LogP contribution in [0.3, 0.4) is 0 Å². The maximum Gasteiger partial charge on any atom is 0.300 e. The van der Waals surface area contributed by atoms with Crippen LogP contribution in [0.4, 0.5) is 0 Å². The zero-order chi connectivity index (χ0) is 16.4. The molecule has 9 heteroatoms. The normalized spacial score (nSPS) is 14.0. The maximum absolute atomic E-state index is 9.00. The van der Waals surface area contributed by atoms with Crippen LogP contribution in [0, 0.1) is 0 Å². The third kappa shape index (κ3) is 9.23. The molecule has 0 aliphatic carbocycles. The molecule has 0 radical (unpaired) electrons. The predicted octanol–water partition coefficient (Wildman–Crippen LogP) is 1.88. The Morgan fingerprint density at radius 3 is 2.52 bits per heavy atom. The van der Waals surface area contributed by atoms with E-state index in [9.17, 15) is 0 Å². The molecule has 1 N–H and O–H groups in total. The summed E-state index contributed by atoms with van der Waals surface area (Å²) in [6.07, 6.45) is 1.73. The molecule has 0 spiro atoms. The number of carboxylic acids is 1. The van der Waals surface area contributed by atoms with E-state index in [-0.39, 0.29) is 16.5 Å². The fourth-order valence-electron chi connectivity index (χ4n) is 1.56. The minimum atomic E-state index is -0.833. The van der Waals surface area contributed by atoms with Crippen LogP contribution in [0.2, 0.25) is 0 Å². The number of rotatable bonds is 2. The number of morpholine rings is 1. The summed E-state index contributed by atoms with van der Waals surface area (Å²) in [7, 11) is 0. The van der Waals surface area contributed by atoms with Gasteiger partial charge in [0.25, 0.3) is 5.97 Å². The summed E-state index contributed by atoms with van der Waals surface area (Å²) in [4.78, 5) is 15.2. The first kappa shape index (κ1) is 21.4. The standard InChI is InChI=1S/C12H16N4OS.C2H4O2.Ni/c1-10(11-4-2-3-5-13-11)14-15-12(18)16-6-8-17-9-7-16;1-2(3)4;/h2-5H,6-9H2,1H3,(H,13,15,18);1H3,(H,3,4);/p-1. The van der Waals surface area contributed by atoms with E-state index >= 15 is 0 Å². The molecule has 2 heterocycles. The second-order valence-corrected chi connectivity index (χ2v) is 4.77. The Hall–Kier alpha value is -1.57. The van der Waals surface area contributed by atoms with Crippen molar-refractivity contribution < 1.29 is 31.1 Å². The van der Waals surface area contributed by atoms with Crippen molar-refractivity contribution in [2.45, 2.75) is 13.8 Å². The molecule has 0 unspecified atom stereocenters. The summed E-state index contributed by atoms with van der Waals surface area (Å²) < 4.78 is 5.26. The Morgan fingerprint density at radius 1 is 1.39 bits per heavy atom. The predicted molar refractivity (Wildman–Crippen MR) is 88.1 cm³/mol. The topological polar surface area (TPSA) is 89.1 Å². The minimum absolute atomic E-state index is 0. The molecule has 0 aromatic carbocycles. The molecule has 1 aliphatic heterocycles. The third-order valence-electron chi connectivity index (χ3n) is 2.60. The van der Waals surface area contributed by atoms with Crippen molar-refractivity contribution in [2.24, 2.45) is 5.10 Å². The van der Waals surface area contributed by atoms with Crippen LogP contribution in [-0.4, -0.2) is 58.1 Å². The summed E-state index contributed by atoms with van der Waals surface area (Å²) >= 11 is 5.22. The van der Waals surface area contributed by atoms with Crippen molar-refractivity contribution in [1.29, 1.82) is 0 Å². The molecule has 130 valence electrons. The molecule has 0 amide bonds. The Morgan fingerprint density at radius 2 is 2.00 bits per heavy atom. The number of ether oxygens (including phenoxy) is 1. The largest absolute Gasteiger partial charge is 0.481 e. The van der Waals surface area contributed by atoms with E-state index in [1.807, 2.05) is 30.0 Å². The molecule has 2 rings (SSSR count). The van der Waals surface area contributed by atoms with Gasteiger partial charge in [-0.05, 0) is 32.1 Å². The summed E-state index contributed by atoms with van der Waals surface area (Å²) in [6, 6.07) is 5.68. The van der Waals surface area contributed by atoms with Crippen LogP contribution < -0.4 is 0 Å². The number of aromatic nitrogens is 1. The molecule has 7 nitrogen and oxygen atoms in total. The van der Waals surface area contributed by atoms with E-state index in [1.54, 1.807) is 6.20 Å². The van der Waals surface area contributed by atoms with Gasteiger partial charge in [0.2, 0.25) is 0 Å². The average molecular weight is 382 g/mol. The summed E-state index contributed by atoms with van der Waals surface area (Å²) in [6.45, 7) is 5.89. The van der Waals surface area contributed by atoms with Crippen LogP contribution in [-0.2, 0) is 26.0 Å². The first-order valence-corrected chi connectivity index (χ1v) is 7.14. The number of hydrogen-bond acceptors (Lipinski definition) is 5. The number of pyridine rings is 1. The Bertz CT molecular complexity index is 518. The number of hydrogen-bond donors (Lipinski definition) is 1. The van der Waals surface area contributed by atoms with E-state index in [0.29, 0.717) is 18.3 Å². The molecule has 0 saturated carbocycles. The summed E-state index contributed by atoms with van der Waals surface area (Å²) in [5, 5.41) is 12.0. The van der Waals surface area contributed by atoms with Gasteiger partial charge in [-0.15, -0.1) is 0 Å². The molecule has 0 atom stereocenters. The second-order valence-electron chi connectivity index (χ2n) is 4.40. The van der Waals surface area contributed by atoms with Gasteiger partial charge in [-0.2, -0.15) is 0 Å². The van der Waals surface area contributed by atoms with Crippen LogP contribution in [0.1, 0.15) is 19.5 Å². The Balaban J connectivity index is 0.000000871. The number of nitrogens with zero attached hydrogens (tertiary/aromatic N) is 4. The first-order chi connectivity index (χ1) is 10.5. The molecule has 1 aromatic heterocycles. The molecular formula is C14H19N4NiO3S-. The summed E-state index contributed by atoms with van der Waals surface area (Å²) in [5.74, 6) is -0.833. The minimum Gasteiger partial charge on any atom is -0.481 e. The van der Waals surface area contributed by atoms with Gasteiger partial charge in [0.05, 0.1) is 11.4 Å². The average Bonchev–Trinajstić information content (AvgIpc) is 2.53. The van der Waals surface area contributed by atoms with E-state index in [2.05, 4.69) is 15.5 Å². The fourth-order valence-corrected chi connectivity index (χ4v) is 1.79. The second kappa shape index (κ2) is 11.9. The van der Waals surface area contributed by atoms with Crippen LogP contribution in [0.5, 0.6) is 0 Å². The van der Waals surface area contributed by atoms with Gasteiger partial charge in [-0.1, -0.05) is 18.3 Å². The van der Waals surface area contributed by atoms with Crippen molar-refractivity contribution in [3.05, 3.63) is 35.5 Å². The summed E-state index contributed by atoms with van der Waals surface area (Å²) in [5.41, 5.74) is 5.64. The zero-order valence-corrected chi connectivity index (χ0v) is 14.7. The zero-order valence-electron chi connectivity index (χ0n) is 12.9. The molecule has 1 aliphatic rings. The SMILES string of the molecule is C/C(=N\[N-]C(=S)N1CCOCC1)c1ccccn1.CC(=O)O.[Ni]. The molecule has 23 heavy (non-hydrogen) atoms. The molecule has 1 fully saturated rings. The number of carbonyl (C=O) groups is 1.